The first kappa shape index (κ1) is 12.1. The van der Waals surface area contributed by atoms with Gasteiger partial charge in [0.1, 0.15) is 14.9 Å². The van der Waals surface area contributed by atoms with Gasteiger partial charge in [-0.1, -0.05) is 23.4 Å². The lowest BCUT2D eigenvalue weighted by Crippen LogP contribution is -2.52. The Morgan fingerprint density at radius 1 is 1.50 bits per heavy atom. The third-order valence-electron chi connectivity index (χ3n) is 2.80. The number of halogens is 2. The number of hydrogen-bond acceptors (Lipinski definition) is 5. The van der Waals surface area contributed by atoms with Crippen molar-refractivity contribution in [2.75, 3.05) is 4.90 Å². The summed E-state index contributed by atoms with van der Waals surface area (Å²) >= 11 is 13.2. The predicted molar refractivity (Wildman–Crippen MR) is 66.7 cm³/mol. The SMILES string of the molecule is C[C@]12OC(=O)C(=O)N1c1ccc(Cl)nc1S[C@@H]2Cl. The zero-order valence-electron chi connectivity index (χ0n) is 9.02. The van der Waals surface area contributed by atoms with Gasteiger partial charge >= 0.3 is 11.9 Å². The fourth-order valence-corrected chi connectivity index (χ4v) is 3.53. The van der Waals surface area contributed by atoms with Crippen molar-refractivity contribution in [3.8, 4) is 0 Å². The molecule has 1 aromatic heterocycles. The zero-order valence-corrected chi connectivity index (χ0v) is 11.3. The maximum atomic E-state index is 11.9. The van der Waals surface area contributed by atoms with E-state index in [4.69, 9.17) is 27.9 Å². The van der Waals surface area contributed by atoms with Crippen molar-refractivity contribution >= 4 is 52.5 Å². The van der Waals surface area contributed by atoms with E-state index in [1.807, 2.05) is 0 Å². The number of carbonyl (C=O) groups excluding carboxylic acids is 2. The van der Waals surface area contributed by atoms with Crippen LogP contribution in [0.25, 0.3) is 0 Å². The molecule has 2 aliphatic heterocycles. The summed E-state index contributed by atoms with van der Waals surface area (Å²) < 4.78 is 4.44. The Balaban J connectivity index is 2.21. The lowest BCUT2D eigenvalue weighted by Gasteiger charge is -2.39. The van der Waals surface area contributed by atoms with E-state index in [9.17, 15) is 9.59 Å². The highest BCUT2D eigenvalue weighted by Crippen LogP contribution is 2.50. The van der Waals surface area contributed by atoms with Crippen LogP contribution >= 0.6 is 35.0 Å². The van der Waals surface area contributed by atoms with E-state index in [1.165, 1.54) is 16.7 Å². The largest absolute Gasteiger partial charge is 0.429 e. The lowest BCUT2D eigenvalue weighted by atomic mass is 10.2. The second-order valence-electron chi connectivity index (χ2n) is 3.98. The highest BCUT2D eigenvalue weighted by atomic mass is 35.5. The van der Waals surface area contributed by atoms with Gasteiger partial charge in [-0.2, -0.15) is 0 Å². The number of rotatable bonds is 0. The first-order valence-corrected chi connectivity index (χ1v) is 6.67. The summed E-state index contributed by atoms with van der Waals surface area (Å²) in [6.45, 7) is 1.60. The van der Waals surface area contributed by atoms with Gasteiger partial charge in [0.2, 0.25) is 5.72 Å². The molecule has 1 fully saturated rings. The topological polar surface area (TPSA) is 59.5 Å². The molecule has 3 heterocycles. The smallest absolute Gasteiger partial charge is 0.399 e. The number of thioether (sulfide) groups is 1. The summed E-state index contributed by atoms with van der Waals surface area (Å²) in [6.07, 6.45) is 0. The molecule has 1 saturated heterocycles. The van der Waals surface area contributed by atoms with Crippen molar-refractivity contribution in [3.05, 3.63) is 17.3 Å². The van der Waals surface area contributed by atoms with Gasteiger partial charge in [-0.25, -0.2) is 9.78 Å². The van der Waals surface area contributed by atoms with Gasteiger partial charge in [0.05, 0.1) is 5.69 Å². The molecule has 2 aliphatic rings. The van der Waals surface area contributed by atoms with E-state index in [1.54, 1.807) is 19.1 Å². The van der Waals surface area contributed by atoms with E-state index in [2.05, 4.69) is 4.98 Å². The predicted octanol–water partition coefficient (Wildman–Crippen LogP) is 2.01. The second-order valence-corrected chi connectivity index (χ2v) is 6.15. The molecule has 0 radical (unpaired) electrons. The van der Waals surface area contributed by atoms with Crippen molar-refractivity contribution in [2.24, 2.45) is 0 Å². The molecule has 18 heavy (non-hydrogen) atoms. The first-order valence-electron chi connectivity index (χ1n) is 4.98. The van der Waals surface area contributed by atoms with Crippen LogP contribution in [0.1, 0.15) is 6.92 Å². The molecule has 8 heteroatoms. The molecule has 0 bridgehead atoms. The highest BCUT2D eigenvalue weighted by molar-refractivity contribution is 8.01. The number of anilines is 1. The Hall–Kier alpha value is -0.980. The van der Waals surface area contributed by atoms with Crippen LogP contribution in [0.5, 0.6) is 0 Å². The summed E-state index contributed by atoms with van der Waals surface area (Å²) in [4.78, 5) is 28.6. The summed E-state index contributed by atoms with van der Waals surface area (Å²) in [5, 5.41) is 0.805. The number of alkyl halides is 1. The van der Waals surface area contributed by atoms with Crippen molar-refractivity contribution < 1.29 is 14.3 Å². The number of hydrogen-bond donors (Lipinski definition) is 0. The van der Waals surface area contributed by atoms with Crippen LogP contribution in [0.2, 0.25) is 5.15 Å². The van der Waals surface area contributed by atoms with Crippen LogP contribution < -0.4 is 4.90 Å². The number of aromatic nitrogens is 1. The molecule has 0 N–H and O–H groups in total. The molecule has 0 aromatic carbocycles. The van der Waals surface area contributed by atoms with Gasteiger partial charge in [-0.15, -0.1) is 11.6 Å². The minimum atomic E-state index is -1.19. The highest BCUT2D eigenvalue weighted by Gasteiger charge is 2.58. The van der Waals surface area contributed by atoms with Crippen LogP contribution in [0.3, 0.4) is 0 Å². The number of esters is 1. The number of pyridine rings is 1. The Morgan fingerprint density at radius 3 is 2.94 bits per heavy atom. The Labute approximate surface area is 116 Å². The number of ether oxygens (including phenoxy) is 1. The van der Waals surface area contributed by atoms with Gasteiger partial charge in [-0.05, 0) is 19.1 Å². The van der Waals surface area contributed by atoms with Crippen molar-refractivity contribution in [3.63, 3.8) is 0 Å². The molecule has 0 unspecified atom stereocenters. The van der Waals surface area contributed by atoms with Gasteiger partial charge in [0.25, 0.3) is 0 Å². The molecule has 0 spiro atoms. The molecular formula is C10H6Cl2N2O3S. The molecule has 94 valence electrons. The number of carbonyl (C=O) groups is 2. The molecule has 1 aromatic rings. The van der Waals surface area contributed by atoms with Crippen molar-refractivity contribution in [1.29, 1.82) is 0 Å². The first-order chi connectivity index (χ1) is 8.43. The van der Waals surface area contributed by atoms with Crippen LogP contribution in [-0.2, 0) is 14.3 Å². The van der Waals surface area contributed by atoms with Gasteiger partial charge in [-0.3, -0.25) is 9.69 Å². The van der Waals surface area contributed by atoms with Crippen LogP contribution in [-0.4, -0.2) is 27.3 Å². The third-order valence-corrected chi connectivity index (χ3v) is 4.85. The fourth-order valence-electron chi connectivity index (χ4n) is 1.94. The van der Waals surface area contributed by atoms with E-state index < -0.39 is 22.3 Å². The average molecular weight is 305 g/mol. The van der Waals surface area contributed by atoms with Crippen molar-refractivity contribution in [1.82, 2.24) is 4.98 Å². The van der Waals surface area contributed by atoms with E-state index in [0.717, 1.165) is 0 Å². The molecule has 1 amide bonds. The molecule has 2 atom stereocenters. The number of fused-ring (bicyclic) bond motifs is 3. The molecule has 0 saturated carbocycles. The summed E-state index contributed by atoms with van der Waals surface area (Å²) in [5.41, 5.74) is -0.706. The van der Waals surface area contributed by atoms with Crippen molar-refractivity contribution in [2.45, 2.75) is 22.4 Å². The standard InChI is InChI=1S/C10H6Cl2N2O3S/c1-10-9(12)18-6-4(2-3-5(11)13-6)14(10)7(15)8(16)17-10/h2-3,9H,1H3/t9-,10+/m0/s1. The third kappa shape index (κ3) is 1.46. The van der Waals surface area contributed by atoms with Gasteiger partial charge < -0.3 is 4.74 Å². The Bertz CT molecular complexity index is 582. The second kappa shape index (κ2) is 3.76. The minimum absolute atomic E-state index is 0.299. The summed E-state index contributed by atoms with van der Waals surface area (Å²) in [5.74, 6) is -1.65. The van der Waals surface area contributed by atoms with E-state index in [-0.39, 0.29) is 0 Å². The van der Waals surface area contributed by atoms with Crippen LogP contribution in [0, 0.1) is 0 Å². The number of nitrogens with zero attached hydrogens (tertiary/aromatic N) is 2. The molecule has 0 aliphatic carbocycles. The average Bonchev–Trinajstić information content (AvgIpc) is 2.53. The van der Waals surface area contributed by atoms with E-state index in [0.29, 0.717) is 15.9 Å². The van der Waals surface area contributed by atoms with E-state index >= 15 is 0 Å². The van der Waals surface area contributed by atoms with Crippen LogP contribution in [0.4, 0.5) is 5.69 Å². The lowest BCUT2D eigenvalue weighted by molar-refractivity contribution is -0.151. The monoisotopic (exact) mass is 304 g/mol. The maximum Gasteiger partial charge on any atom is 0.399 e. The molecule has 3 rings (SSSR count). The van der Waals surface area contributed by atoms with Gasteiger partial charge in [0.15, 0.2) is 0 Å². The quantitative estimate of drug-likeness (QED) is 0.318. The Kier molecular flexibility index (Phi) is 2.52. The maximum absolute atomic E-state index is 11.9. The fraction of sp³-hybridized carbons (Fsp3) is 0.300. The minimum Gasteiger partial charge on any atom is -0.429 e. The normalized spacial score (nSPS) is 29.9. The number of amides is 1. The molecular weight excluding hydrogens is 299 g/mol. The summed E-state index contributed by atoms with van der Waals surface area (Å²) in [7, 11) is 0. The summed E-state index contributed by atoms with van der Waals surface area (Å²) in [6, 6.07) is 3.17. The zero-order chi connectivity index (χ0) is 13.1. The van der Waals surface area contributed by atoms with Gasteiger partial charge in [0, 0.05) is 0 Å². The van der Waals surface area contributed by atoms with Crippen LogP contribution in [0.15, 0.2) is 17.2 Å². The Morgan fingerprint density at radius 2 is 2.22 bits per heavy atom. The molecule has 5 nitrogen and oxygen atoms in total.